The molecule has 5 nitrogen and oxygen atoms in total. The van der Waals surface area contributed by atoms with E-state index in [0.717, 1.165) is 36.8 Å². The minimum atomic E-state index is -0.0933. The number of carbonyl (C=O) groups excluding carboxylic acids is 1. The van der Waals surface area contributed by atoms with E-state index in [1.807, 2.05) is 24.4 Å². The molecule has 5 heteroatoms. The number of furan rings is 1. The third kappa shape index (κ3) is 3.28. The minimum absolute atomic E-state index is 0.0933. The second-order valence-electron chi connectivity index (χ2n) is 7.60. The lowest BCUT2D eigenvalue weighted by Gasteiger charge is -2.35. The maximum absolute atomic E-state index is 12.7. The molecule has 1 unspecified atom stereocenters. The van der Waals surface area contributed by atoms with Crippen LogP contribution in [0.5, 0.6) is 0 Å². The van der Waals surface area contributed by atoms with Crippen molar-refractivity contribution in [3.05, 3.63) is 59.7 Å². The van der Waals surface area contributed by atoms with E-state index in [4.69, 9.17) is 10.3 Å². The van der Waals surface area contributed by atoms with E-state index in [1.165, 1.54) is 18.2 Å². The third-order valence-corrected chi connectivity index (χ3v) is 6.05. The molecule has 0 radical (unpaired) electrons. The first-order valence-electron chi connectivity index (χ1n) is 9.80. The van der Waals surface area contributed by atoms with Crippen molar-refractivity contribution in [1.82, 2.24) is 9.58 Å². The topological polar surface area (TPSA) is 64.4 Å². The molecular weight excluding hydrogens is 338 g/mol. The first-order chi connectivity index (χ1) is 13.1. The zero-order valence-corrected chi connectivity index (χ0v) is 16.0. The van der Waals surface area contributed by atoms with Crippen molar-refractivity contribution in [2.45, 2.75) is 45.1 Å². The minimum Gasteiger partial charge on any atom is -0.461 e. The van der Waals surface area contributed by atoms with Gasteiger partial charge in [-0.15, -0.1) is 0 Å². The number of nitrogens with two attached hydrogens (primary N) is 1. The number of ketones is 1. The molecule has 0 bridgehead atoms. The zero-order chi connectivity index (χ0) is 19.0. The first kappa shape index (κ1) is 17.9. The Kier molecular flexibility index (Phi) is 4.79. The van der Waals surface area contributed by atoms with Crippen LogP contribution in [0, 0.1) is 0 Å². The SMILES string of the molecule is CCC(C)N1CCC(c2cn(N)c3ccc(C(=O)c4ccco4)cc23)CC1. The Labute approximate surface area is 159 Å². The fourth-order valence-electron chi connectivity index (χ4n) is 4.21. The monoisotopic (exact) mass is 365 g/mol. The van der Waals surface area contributed by atoms with Gasteiger partial charge in [-0.05, 0) is 81.1 Å². The Morgan fingerprint density at radius 2 is 2.07 bits per heavy atom. The van der Waals surface area contributed by atoms with Crippen LogP contribution >= 0.6 is 0 Å². The van der Waals surface area contributed by atoms with Gasteiger partial charge in [0.1, 0.15) is 0 Å². The van der Waals surface area contributed by atoms with E-state index in [0.29, 0.717) is 23.3 Å². The molecule has 0 saturated carbocycles. The molecule has 1 atom stereocenters. The molecule has 1 aliphatic heterocycles. The summed E-state index contributed by atoms with van der Waals surface area (Å²) < 4.78 is 6.96. The summed E-state index contributed by atoms with van der Waals surface area (Å²) in [5, 5.41) is 1.08. The number of likely N-dealkylation sites (tertiary alicyclic amines) is 1. The van der Waals surface area contributed by atoms with Crippen LogP contribution in [0.4, 0.5) is 0 Å². The summed E-state index contributed by atoms with van der Waals surface area (Å²) in [6.07, 6.45) is 7.00. The summed E-state index contributed by atoms with van der Waals surface area (Å²) >= 11 is 0. The van der Waals surface area contributed by atoms with Crippen LogP contribution in [0.1, 0.15) is 60.7 Å². The molecule has 0 amide bonds. The largest absolute Gasteiger partial charge is 0.461 e. The van der Waals surface area contributed by atoms with Crippen molar-refractivity contribution < 1.29 is 9.21 Å². The molecule has 2 N–H and O–H groups in total. The van der Waals surface area contributed by atoms with Crippen molar-refractivity contribution in [2.24, 2.45) is 0 Å². The fraction of sp³-hybridized carbons (Fsp3) is 0.409. The number of benzene rings is 1. The van der Waals surface area contributed by atoms with E-state index >= 15 is 0 Å². The summed E-state index contributed by atoms with van der Waals surface area (Å²) in [4.78, 5) is 15.2. The smallest absolute Gasteiger partial charge is 0.228 e. The molecule has 0 spiro atoms. The Morgan fingerprint density at radius 3 is 2.74 bits per heavy atom. The Balaban J connectivity index is 1.64. The summed E-state index contributed by atoms with van der Waals surface area (Å²) in [6, 6.07) is 9.80. The van der Waals surface area contributed by atoms with Crippen molar-refractivity contribution in [3.63, 3.8) is 0 Å². The number of nitrogens with zero attached hydrogens (tertiary/aromatic N) is 2. The second-order valence-corrected chi connectivity index (χ2v) is 7.60. The normalized spacial score (nSPS) is 17.4. The number of hydrogen-bond donors (Lipinski definition) is 1. The molecule has 1 aromatic carbocycles. The quantitative estimate of drug-likeness (QED) is 0.545. The summed E-state index contributed by atoms with van der Waals surface area (Å²) in [6.45, 7) is 6.78. The predicted molar refractivity (Wildman–Crippen MR) is 108 cm³/mol. The third-order valence-electron chi connectivity index (χ3n) is 6.05. The molecule has 4 rings (SSSR count). The van der Waals surface area contributed by atoms with Crippen molar-refractivity contribution in [1.29, 1.82) is 0 Å². The molecule has 27 heavy (non-hydrogen) atoms. The number of hydrogen-bond acceptors (Lipinski definition) is 4. The van der Waals surface area contributed by atoms with Gasteiger partial charge in [0.25, 0.3) is 0 Å². The van der Waals surface area contributed by atoms with Gasteiger partial charge in [-0.2, -0.15) is 0 Å². The number of piperidine rings is 1. The number of aromatic nitrogens is 1. The highest BCUT2D eigenvalue weighted by atomic mass is 16.3. The molecule has 1 fully saturated rings. The van der Waals surface area contributed by atoms with Gasteiger partial charge in [-0.3, -0.25) is 9.47 Å². The molecule has 3 heterocycles. The second kappa shape index (κ2) is 7.24. The number of fused-ring (bicyclic) bond motifs is 1. The van der Waals surface area contributed by atoms with Gasteiger partial charge in [0.2, 0.25) is 5.78 Å². The van der Waals surface area contributed by atoms with Crippen LogP contribution in [0.2, 0.25) is 0 Å². The van der Waals surface area contributed by atoms with Crippen molar-refractivity contribution in [2.75, 3.05) is 18.9 Å². The molecule has 1 aliphatic rings. The maximum atomic E-state index is 12.7. The lowest BCUT2D eigenvalue weighted by molar-refractivity contribution is 0.101. The highest BCUT2D eigenvalue weighted by molar-refractivity contribution is 6.09. The van der Waals surface area contributed by atoms with Crippen molar-refractivity contribution in [3.8, 4) is 0 Å². The van der Waals surface area contributed by atoms with Gasteiger partial charge < -0.3 is 15.2 Å². The summed E-state index contributed by atoms with van der Waals surface area (Å²) in [5.74, 6) is 6.95. The van der Waals surface area contributed by atoms with E-state index in [1.54, 1.807) is 16.8 Å². The van der Waals surface area contributed by atoms with Gasteiger partial charge in [0.05, 0.1) is 11.8 Å². The summed E-state index contributed by atoms with van der Waals surface area (Å²) in [7, 11) is 0. The van der Waals surface area contributed by atoms with Crippen LogP contribution in [-0.4, -0.2) is 34.5 Å². The van der Waals surface area contributed by atoms with Gasteiger partial charge in [0.15, 0.2) is 5.76 Å². The predicted octanol–water partition coefficient (Wildman–Crippen LogP) is 4.16. The lowest BCUT2D eigenvalue weighted by atomic mass is 9.88. The Bertz CT molecular complexity index is 934. The van der Waals surface area contributed by atoms with E-state index < -0.39 is 0 Å². The fourth-order valence-corrected chi connectivity index (χ4v) is 4.21. The number of nitrogen functional groups attached to an aromatic ring is 1. The summed E-state index contributed by atoms with van der Waals surface area (Å²) in [5.41, 5.74) is 2.86. The lowest BCUT2D eigenvalue weighted by Crippen LogP contribution is -2.39. The van der Waals surface area contributed by atoms with Crippen LogP contribution in [-0.2, 0) is 0 Å². The van der Waals surface area contributed by atoms with Crippen molar-refractivity contribution >= 4 is 16.7 Å². The number of rotatable bonds is 5. The zero-order valence-electron chi connectivity index (χ0n) is 16.0. The Morgan fingerprint density at radius 1 is 1.30 bits per heavy atom. The highest BCUT2D eigenvalue weighted by Crippen LogP contribution is 2.35. The average Bonchev–Trinajstić information content (AvgIpc) is 3.35. The van der Waals surface area contributed by atoms with E-state index in [9.17, 15) is 4.79 Å². The maximum Gasteiger partial charge on any atom is 0.228 e. The van der Waals surface area contributed by atoms with Gasteiger partial charge in [-0.25, -0.2) is 0 Å². The van der Waals surface area contributed by atoms with Crippen LogP contribution in [0.15, 0.2) is 47.2 Å². The first-order valence-corrected chi connectivity index (χ1v) is 9.80. The van der Waals surface area contributed by atoms with Gasteiger partial charge >= 0.3 is 0 Å². The van der Waals surface area contributed by atoms with Gasteiger partial charge in [0, 0.05) is 23.2 Å². The van der Waals surface area contributed by atoms with Crippen LogP contribution in [0.25, 0.3) is 10.9 Å². The molecular formula is C22H27N3O2. The molecule has 142 valence electrons. The van der Waals surface area contributed by atoms with E-state index in [-0.39, 0.29) is 5.78 Å². The molecule has 2 aromatic heterocycles. The number of carbonyl (C=O) groups is 1. The van der Waals surface area contributed by atoms with Gasteiger partial charge in [-0.1, -0.05) is 6.92 Å². The standard InChI is InChI=1S/C22H27N3O2/c1-3-15(2)24-10-8-16(9-11-24)19-14-25(23)20-7-6-17(13-18(19)20)22(26)21-5-4-12-27-21/h4-7,12-16H,3,8-11,23H2,1-2H3. The molecule has 1 saturated heterocycles. The van der Waals surface area contributed by atoms with Crippen LogP contribution < -0.4 is 5.84 Å². The van der Waals surface area contributed by atoms with E-state index in [2.05, 4.69) is 18.7 Å². The highest BCUT2D eigenvalue weighted by Gasteiger charge is 2.26. The molecule has 0 aliphatic carbocycles. The average molecular weight is 365 g/mol. The van der Waals surface area contributed by atoms with Crippen LogP contribution in [0.3, 0.4) is 0 Å². The Hall–Kier alpha value is -2.53. The molecule has 3 aromatic rings.